The molecule has 1 aromatic heterocycles. The second-order valence-electron chi connectivity index (χ2n) is 7.38. The zero-order chi connectivity index (χ0) is 20.9. The first-order valence-corrected chi connectivity index (χ1v) is 12.6. The van der Waals surface area contributed by atoms with Crippen molar-refractivity contribution in [2.75, 3.05) is 0 Å². The Morgan fingerprint density at radius 1 is 0.548 bits per heavy atom. The van der Waals surface area contributed by atoms with Crippen LogP contribution in [0, 0.1) is 0 Å². The smallest absolute Gasteiger partial charge is 0.0616 e. The van der Waals surface area contributed by atoms with E-state index in [-0.39, 0.29) is 0 Å². The summed E-state index contributed by atoms with van der Waals surface area (Å²) in [7, 11) is -0.544. The van der Waals surface area contributed by atoms with E-state index in [0.29, 0.717) is 0 Å². The summed E-state index contributed by atoms with van der Waals surface area (Å²) in [5.41, 5.74) is 4.28. The van der Waals surface area contributed by atoms with E-state index in [9.17, 15) is 0 Å². The van der Waals surface area contributed by atoms with Crippen LogP contribution < -0.4 is 0 Å². The molecule has 6 rings (SSSR count). The molecule has 148 valence electrons. The van der Waals surface area contributed by atoms with E-state index in [2.05, 4.69) is 123 Å². The van der Waals surface area contributed by atoms with Crippen molar-refractivity contribution >= 4 is 75.3 Å². The molecule has 2 nitrogen and oxygen atoms in total. The fourth-order valence-corrected chi connectivity index (χ4v) is 6.49. The van der Waals surface area contributed by atoms with E-state index in [0.717, 1.165) is 30.4 Å². The van der Waals surface area contributed by atoms with Crippen molar-refractivity contribution < 1.29 is 0 Å². The average Bonchev–Trinajstić information content (AvgIpc) is 3.23. The molecule has 0 aliphatic carbocycles. The predicted octanol–water partition coefficient (Wildman–Crippen LogP) is 8.87. The summed E-state index contributed by atoms with van der Waals surface area (Å²) in [6, 6.07) is 31.8. The molecule has 1 atom stereocenters. The van der Waals surface area contributed by atoms with Crippen LogP contribution >= 0.6 is 42.7 Å². The molecule has 0 fully saturated rings. The average molecular weight is 547 g/mol. The first-order chi connectivity index (χ1) is 15.2. The van der Waals surface area contributed by atoms with Crippen LogP contribution in [0.1, 0.15) is 0 Å². The van der Waals surface area contributed by atoms with Crippen LogP contribution in [0.5, 0.6) is 0 Å². The standard InChI is InChI=1S/C26H15Br2N2S/c27-22-11-10-17(18-5-1-2-6-19(18)22)16-9-13-24-25(15-16)30-31(29-24)26-14-12-23(28)20-7-3-4-8-21(20)26/h1-15H/q+1. The number of benzene rings is 5. The van der Waals surface area contributed by atoms with Gasteiger partial charge in [0.2, 0.25) is 15.8 Å². The molecule has 31 heavy (non-hydrogen) atoms. The molecule has 0 N–H and O–H groups in total. The van der Waals surface area contributed by atoms with Gasteiger partial charge in [-0.3, -0.25) is 0 Å². The topological polar surface area (TPSA) is 25.8 Å². The molecule has 0 aliphatic heterocycles. The molecule has 0 radical (unpaired) electrons. The Morgan fingerprint density at radius 3 is 1.94 bits per heavy atom. The van der Waals surface area contributed by atoms with Crippen molar-refractivity contribution in [3.63, 3.8) is 0 Å². The highest BCUT2D eigenvalue weighted by atomic mass is 79.9. The summed E-state index contributed by atoms with van der Waals surface area (Å²) in [4.78, 5) is 1.16. The van der Waals surface area contributed by atoms with Crippen molar-refractivity contribution in [3.05, 3.63) is 99.9 Å². The van der Waals surface area contributed by atoms with Crippen LogP contribution in [-0.4, -0.2) is 8.75 Å². The second kappa shape index (κ2) is 7.52. The third-order valence-electron chi connectivity index (χ3n) is 5.55. The Kier molecular flexibility index (Phi) is 4.64. The maximum Gasteiger partial charge on any atom is 0.245 e. The van der Waals surface area contributed by atoms with Gasteiger partial charge in [-0.05, 0) is 61.0 Å². The van der Waals surface area contributed by atoms with Gasteiger partial charge in [0.05, 0.1) is 0 Å². The van der Waals surface area contributed by atoms with Gasteiger partial charge in [-0.1, -0.05) is 86.5 Å². The van der Waals surface area contributed by atoms with Gasteiger partial charge in [-0.25, -0.2) is 0 Å². The predicted molar refractivity (Wildman–Crippen MR) is 139 cm³/mol. The minimum atomic E-state index is -0.544. The first-order valence-electron chi connectivity index (χ1n) is 9.86. The zero-order valence-corrected chi connectivity index (χ0v) is 20.2. The maximum atomic E-state index is 5.02. The van der Waals surface area contributed by atoms with E-state index in [1.807, 2.05) is 0 Å². The highest BCUT2D eigenvalue weighted by Gasteiger charge is 2.22. The van der Waals surface area contributed by atoms with Crippen molar-refractivity contribution in [2.45, 2.75) is 0 Å². The van der Waals surface area contributed by atoms with Crippen LogP contribution in [0.3, 0.4) is 0 Å². The molecule has 0 bridgehead atoms. The molecule has 1 unspecified atom stereocenters. The molecule has 5 heteroatoms. The fourth-order valence-electron chi connectivity index (χ4n) is 4.05. The highest BCUT2D eigenvalue weighted by Crippen LogP contribution is 2.39. The van der Waals surface area contributed by atoms with E-state index in [4.69, 9.17) is 8.75 Å². The summed E-state index contributed by atoms with van der Waals surface area (Å²) in [6.07, 6.45) is 0. The zero-order valence-electron chi connectivity index (χ0n) is 16.2. The Hall–Kier alpha value is -2.60. The molecule has 5 aromatic carbocycles. The largest absolute Gasteiger partial charge is 0.245 e. The van der Waals surface area contributed by atoms with Gasteiger partial charge in [0, 0.05) is 25.8 Å². The summed E-state index contributed by atoms with van der Waals surface area (Å²) < 4.78 is 12.2. The third-order valence-corrected chi connectivity index (χ3v) is 8.43. The minimum Gasteiger partial charge on any atom is -0.0616 e. The molecular formula is C26H15Br2N2S+. The van der Waals surface area contributed by atoms with Crippen LogP contribution in [-0.2, 0) is 0 Å². The SMILES string of the molecule is Brc1ccc(-c2ccc3n[s+](-c4ccc(Br)c5ccccc45)nc3c2)c2ccccc12. The van der Waals surface area contributed by atoms with Gasteiger partial charge in [0.15, 0.2) is 11.0 Å². The van der Waals surface area contributed by atoms with Crippen molar-refractivity contribution in [1.29, 1.82) is 0 Å². The maximum absolute atomic E-state index is 5.02. The second-order valence-corrected chi connectivity index (χ2v) is 10.4. The molecule has 0 spiro atoms. The van der Waals surface area contributed by atoms with Crippen LogP contribution in [0.15, 0.2) is 99.9 Å². The fraction of sp³-hybridized carbons (Fsp3) is 0. The minimum absolute atomic E-state index is 0.544. The molecule has 1 heterocycles. The Bertz CT molecular complexity index is 1540. The number of halogens is 2. The number of fused-ring (bicyclic) bond motifs is 3. The van der Waals surface area contributed by atoms with Gasteiger partial charge in [0.25, 0.3) is 0 Å². The molecule has 0 amide bonds. The third kappa shape index (κ3) is 3.19. The van der Waals surface area contributed by atoms with Crippen LogP contribution in [0.25, 0.3) is 48.6 Å². The van der Waals surface area contributed by atoms with Crippen molar-refractivity contribution in [2.24, 2.45) is 0 Å². The molecule has 0 saturated carbocycles. The van der Waals surface area contributed by atoms with Crippen molar-refractivity contribution in [1.82, 2.24) is 8.75 Å². The quantitative estimate of drug-likeness (QED) is 0.203. The number of hydrogen-bond acceptors (Lipinski definition) is 2. The molecule has 0 aliphatic rings. The Labute approximate surface area is 199 Å². The molecule has 6 aromatic rings. The normalized spacial score (nSPS) is 12.1. The number of aromatic nitrogens is 2. The van der Waals surface area contributed by atoms with E-state index < -0.39 is 10.9 Å². The van der Waals surface area contributed by atoms with Gasteiger partial charge < -0.3 is 0 Å². The lowest BCUT2D eigenvalue weighted by atomic mass is 9.98. The number of rotatable bonds is 2. The Morgan fingerprint density at radius 2 is 1.16 bits per heavy atom. The van der Waals surface area contributed by atoms with E-state index >= 15 is 0 Å². The first kappa shape index (κ1) is 19.1. The van der Waals surface area contributed by atoms with E-state index in [1.54, 1.807) is 0 Å². The lowest BCUT2D eigenvalue weighted by molar-refractivity contribution is 1.61. The molecular weight excluding hydrogens is 532 g/mol. The highest BCUT2D eigenvalue weighted by molar-refractivity contribution is 9.11. The monoisotopic (exact) mass is 545 g/mol. The summed E-state index contributed by atoms with van der Waals surface area (Å²) >= 11 is 7.34. The summed E-state index contributed by atoms with van der Waals surface area (Å²) in [6.45, 7) is 0. The molecule has 0 saturated heterocycles. The van der Waals surface area contributed by atoms with Crippen LogP contribution in [0.2, 0.25) is 0 Å². The van der Waals surface area contributed by atoms with Gasteiger partial charge in [0.1, 0.15) is 0 Å². The van der Waals surface area contributed by atoms with Gasteiger partial charge >= 0.3 is 0 Å². The lowest BCUT2D eigenvalue weighted by Gasteiger charge is -2.08. The summed E-state index contributed by atoms with van der Waals surface area (Å²) in [5, 5.41) is 4.82. The van der Waals surface area contributed by atoms with Crippen LogP contribution in [0.4, 0.5) is 0 Å². The number of nitrogens with zero attached hydrogens (tertiary/aromatic N) is 2. The Balaban J connectivity index is 1.53. The lowest BCUT2D eigenvalue weighted by Crippen LogP contribution is -1.83. The summed E-state index contributed by atoms with van der Waals surface area (Å²) in [5.74, 6) is 0. The van der Waals surface area contributed by atoms with Crippen molar-refractivity contribution in [3.8, 4) is 16.0 Å². The van der Waals surface area contributed by atoms with Gasteiger partial charge in [-0.2, -0.15) is 0 Å². The van der Waals surface area contributed by atoms with E-state index in [1.165, 1.54) is 27.1 Å². The van der Waals surface area contributed by atoms with Gasteiger partial charge in [-0.15, -0.1) is 0 Å². The number of hydrogen-bond donors (Lipinski definition) is 0.